The van der Waals surface area contributed by atoms with E-state index in [0.29, 0.717) is 5.92 Å². The fourth-order valence-electron chi connectivity index (χ4n) is 1.71. The first-order valence-electron chi connectivity index (χ1n) is 5.70. The molecule has 0 spiro atoms. The standard InChI is InChI=1S/C13H16N2OS/c1-9(2)10(7-16)12-8-17-13(15-12)11-5-3-4-6-14-11/h3-6,8-10,16H,7H2,1-2H3. The van der Waals surface area contributed by atoms with E-state index in [0.717, 1.165) is 16.4 Å². The fourth-order valence-corrected chi connectivity index (χ4v) is 2.57. The van der Waals surface area contributed by atoms with Gasteiger partial charge in [0.05, 0.1) is 18.0 Å². The van der Waals surface area contributed by atoms with Crippen LogP contribution in [0.25, 0.3) is 10.7 Å². The maximum Gasteiger partial charge on any atom is 0.142 e. The highest BCUT2D eigenvalue weighted by Crippen LogP contribution is 2.29. The third-order valence-corrected chi connectivity index (χ3v) is 3.67. The minimum Gasteiger partial charge on any atom is -0.396 e. The summed E-state index contributed by atoms with van der Waals surface area (Å²) in [5.41, 5.74) is 1.86. The summed E-state index contributed by atoms with van der Waals surface area (Å²) in [4.78, 5) is 8.85. The molecule has 0 bridgehead atoms. The number of aliphatic hydroxyl groups is 1. The number of aliphatic hydroxyl groups excluding tert-OH is 1. The van der Waals surface area contributed by atoms with Gasteiger partial charge in [0.25, 0.3) is 0 Å². The molecule has 90 valence electrons. The predicted octanol–water partition coefficient (Wildman–Crippen LogP) is 2.94. The molecule has 2 aromatic heterocycles. The molecule has 1 N–H and O–H groups in total. The van der Waals surface area contributed by atoms with E-state index in [2.05, 4.69) is 23.8 Å². The van der Waals surface area contributed by atoms with Crippen molar-refractivity contribution >= 4 is 11.3 Å². The molecule has 0 aliphatic heterocycles. The van der Waals surface area contributed by atoms with Crippen LogP contribution in [0.2, 0.25) is 0 Å². The lowest BCUT2D eigenvalue weighted by Gasteiger charge is -2.15. The largest absolute Gasteiger partial charge is 0.396 e. The fraction of sp³-hybridized carbons (Fsp3) is 0.385. The quantitative estimate of drug-likeness (QED) is 0.905. The second-order valence-electron chi connectivity index (χ2n) is 4.33. The summed E-state index contributed by atoms with van der Waals surface area (Å²) < 4.78 is 0. The number of aromatic nitrogens is 2. The summed E-state index contributed by atoms with van der Waals surface area (Å²) in [5.74, 6) is 0.502. The summed E-state index contributed by atoms with van der Waals surface area (Å²) >= 11 is 1.58. The van der Waals surface area contributed by atoms with Crippen LogP contribution in [0.5, 0.6) is 0 Å². The topological polar surface area (TPSA) is 46.0 Å². The van der Waals surface area contributed by atoms with Gasteiger partial charge in [0, 0.05) is 17.5 Å². The minimum absolute atomic E-state index is 0.115. The number of hydrogen-bond acceptors (Lipinski definition) is 4. The van der Waals surface area contributed by atoms with E-state index in [-0.39, 0.29) is 12.5 Å². The van der Waals surface area contributed by atoms with Gasteiger partial charge in [-0.2, -0.15) is 0 Å². The van der Waals surface area contributed by atoms with Crippen LogP contribution in [0, 0.1) is 5.92 Å². The molecule has 0 saturated heterocycles. The maximum atomic E-state index is 9.38. The summed E-state index contributed by atoms with van der Waals surface area (Å²) in [6.07, 6.45) is 1.77. The molecule has 0 radical (unpaired) electrons. The lowest BCUT2D eigenvalue weighted by Crippen LogP contribution is -2.11. The lowest BCUT2D eigenvalue weighted by atomic mass is 9.94. The number of rotatable bonds is 4. The Labute approximate surface area is 105 Å². The number of pyridine rings is 1. The van der Waals surface area contributed by atoms with E-state index < -0.39 is 0 Å². The summed E-state index contributed by atoms with van der Waals surface area (Å²) in [6.45, 7) is 4.34. The van der Waals surface area contributed by atoms with Gasteiger partial charge in [-0.15, -0.1) is 11.3 Å². The first-order valence-corrected chi connectivity index (χ1v) is 6.58. The Kier molecular flexibility index (Phi) is 3.86. The van der Waals surface area contributed by atoms with E-state index in [4.69, 9.17) is 0 Å². The van der Waals surface area contributed by atoms with E-state index in [9.17, 15) is 5.11 Å². The monoisotopic (exact) mass is 248 g/mol. The highest BCUT2D eigenvalue weighted by atomic mass is 32.1. The number of thiazole rings is 1. The molecule has 17 heavy (non-hydrogen) atoms. The SMILES string of the molecule is CC(C)C(CO)c1csc(-c2ccccn2)n1. The van der Waals surface area contributed by atoms with E-state index in [1.807, 2.05) is 23.6 Å². The van der Waals surface area contributed by atoms with Crippen LogP contribution in [-0.2, 0) is 0 Å². The van der Waals surface area contributed by atoms with Crippen molar-refractivity contribution in [2.75, 3.05) is 6.61 Å². The van der Waals surface area contributed by atoms with Crippen LogP contribution < -0.4 is 0 Å². The van der Waals surface area contributed by atoms with Crippen molar-refractivity contribution in [3.63, 3.8) is 0 Å². The maximum absolute atomic E-state index is 9.38. The molecule has 1 unspecified atom stereocenters. The van der Waals surface area contributed by atoms with Gasteiger partial charge in [0.2, 0.25) is 0 Å². The molecule has 2 aromatic rings. The molecule has 2 rings (SSSR count). The summed E-state index contributed by atoms with van der Waals surface area (Å²) in [7, 11) is 0. The molecular weight excluding hydrogens is 232 g/mol. The zero-order chi connectivity index (χ0) is 12.3. The van der Waals surface area contributed by atoms with Gasteiger partial charge >= 0.3 is 0 Å². The van der Waals surface area contributed by atoms with Crippen molar-refractivity contribution in [3.8, 4) is 10.7 Å². The Morgan fingerprint density at radius 1 is 1.35 bits per heavy atom. The average Bonchev–Trinajstić information content (AvgIpc) is 2.80. The molecule has 0 saturated carbocycles. The molecule has 0 aromatic carbocycles. The van der Waals surface area contributed by atoms with Gasteiger partial charge in [-0.3, -0.25) is 4.98 Å². The molecule has 2 heterocycles. The molecule has 3 nitrogen and oxygen atoms in total. The minimum atomic E-state index is 0.115. The Balaban J connectivity index is 2.27. The van der Waals surface area contributed by atoms with Gasteiger partial charge < -0.3 is 5.11 Å². The summed E-state index contributed by atoms with van der Waals surface area (Å²) in [6, 6.07) is 5.80. The smallest absolute Gasteiger partial charge is 0.142 e. The van der Waals surface area contributed by atoms with Crippen molar-refractivity contribution in [1.29, 1.82) is 0 Å². The second kappa shape index (κ2) is 5.38. The van der Waals surface area contributed by atoms with Crippen molar-refractivity contribution in [1.82, 2.24) is 9.97 Å². The Morgan fingerprint density at radius 3 is 2.76 bits per heavy atom. The Hall–Kier alpha value is -1.26. The predicted molar refractivity (Wildman–Crippen MR) is 70.0 cm³/mol. The lowest BCUT2D eigenvalue weighted by molar-refractivity contribution is 0.235. The van der Waals surface area contributed by atoms with E-state index in [1.165, 1.54) is 0 Å². The van der Waals surface area contributed by atoms with Gasteiger partial charge in [-0.1, -0.05) is 19.9 Å². The van der Waals surface area contributed by atoms with Crippen molar-refractivity contribution in [2.24, 2.45) is 5.92 Å². The van der Waals surface area contributed by atoms with Crippen LogP contribution in [-0.4, -0.2) is 21.7 Å². The average molecular weight is 248 g/mol. The van der Waals surface area contributed by atoms with Crippen LogP contribution in [0.15, 0.2) is 29.8 Å². The molecule has 0 amide bonds. The first kappa shape index (κ1) is 12.2. The second-order valence-corrected chi connectivity index (χ2v) is 5.18. The number of nitrogens with zero attached hydrogens (tertiary/aromatic N) is 2. The van der Waals surface area contributed by atoms with Gasteiger partial charge in [-0.25, -0.2) is 4.98 Å². The molecular formula is C13H16N2OS. The molecule has 4 heteroatoms. The van der Waals surface area contributed by atoms with Crippen LogP contribution >= 0.6 is 11.3 Å². The molecule has 0 aliphatic carbocycles. The van der Waals surface area contributed by atoms with Gasteiger partial charge in [0.15, 0.2) is 0 Å². The van der Waals surface area contributed by atoms with Gasteiger partial charge in [0.1, 0.15) is 5.01 Å². The van der Waals surface area contributed by atoms with Gasteiger partial charge in [-0.05, 0) is 18.1 Å². The van der Waals surface area contributed by atoms with Crippen molar-refractivity contribution in [3.05, 3.63) is 35.5 Å². The first-order chi connectivity index (χ1) is 8.22. The highest BCUT2D eigenvalue weighted by molar-refractivity contribution is 7.13. The van der Waals surface area contributed by atoms with Crippen molar-refractivity contribution in [2.45, 2.75) is 19.8 Å². The van der Waals surface area contributed by atoms with Crippen LogP contribution in [0.1, 0.15) is 25.5 Å². The van der Waals surface area contributed by atoms with E-state index in [1.54, 1.807) is 17.5 Å². The third kappa shape index (κ3) is 2.70. The third-order valence-electron chi connectivity index (χ3n) is 2.79. The molecule has 0 aliphatic rings. The Morgan fingerprint density at radius 2 is 2.18 bits per heavy atom. The van der Waals surface area contributed by atoms with Crippen LogP contribution in [0.4, 0.5) is 0 Å². The summed E-state index contributed by atoms with van der Waals surface area (Å²) in [5, 5.41) is 12.3. The molecule has 0 fully saturated rings. The normalized spacial score (nSPS) is 12.9. The van der Waals surface area contributed by atoms with E-state index >= 15 is 0 Å². The Bertz CT molecular complexity index is 467. The zero-order valence-corrected chi connectivity index (χ0v) is 10.8. The highest BCUT2D eigenvalue weighted by Gasteiger charge is 2.18. The van der Waals surface area contributed by atoms with Crippen molar-refractivity contribution < 1.29 is 5.11 Å². The molecule has 1 atom stereocenters. The zero-order valence-electron chi connectivity index (χ0n) is 10.00. The van der Waals surface area contributed by atoms with Crippen LogP contribution in [0.3, 0.4) is 0 Å². The number of hydrogen-bond donors (Lipinski definition) is 1.